The molecule has 0 saturated carbocycles. The summed E-state index contributed by atoms with van der Waals surface area (Å²) in [5.41, 5.74) is -0.342. The average molecular weight is 288 g/mol. The molecule has 4 heteroatoms. The lowest BCUT2D eigenvalue weighted by atomic mass is 9.86. The third kappa shape index (κ3) is 2.96. The van der Waals surface area contributed by atoms with Gasteiger partial charge in [0.1, 0.15) is 6.29 Å². The number of aldehydes is 1. The summed E-state index contributed by atoms with van der Waals surface area (Å²) in [5, 5.41) is 0. The van der Waals surface area contributed by atoms with E-state index in [1.54, 1.807) is 61.5 Å². The second-order valence-electron chi connectivity index (χ2n) is 4.97. The van der Waals surface area contributed by atoms with Crippen molar-refractivity contribution in [2.24, 2.45) is 0 Å². The van der Waals surface area contributed by atoms with Gasteiger partial charge in [-0.15, -0.1) is 0 Å². The Morgan fingerprint density at radius 3 is 1.95 bits per heavy atom. The van der Waals surface area contributed by atoms with Gasteiger partial charge in [0, 0.05) is 0 Å². The molecule has 0 amide bonds. The maximum absolute atomic E-state index is 12.4. The fraction of sp³-hybridized carbons (Fsp3) is 0.188. The van der Waals surface area contributed by atoms with Gasteiger partial charge in [0.25, 0.3) is 0 Å². The van der Waals surface area contributed by atoms with Gasteiger partial charge in [-0.25, -0.2) is 8.42 Å². The zero-order chi connectivity index (χ0) is 14.6. The van der Waals surface area contributed by atoms with Crippen molar-refractivity contribution in [3.63, 3.8) is 0 Å². The molecule has 2 aromatic rings. The van der Waals surface area contributed by atoms with Crippen molar-refractivity contribution in [1.82, 2.24) is 0 Å². The molecule has 2 rings (SSSR count). The summed E-state index contributed by atoms with van der Waals surface area (Å²) < 4.78 is 24.8. The first kappa shape index (κ1) is 14.5. The van der Waals surface area contributed by atoms with Gasteiger partial charge >= 0.3 is 0 Å². The largest absolute Gasteiger partial charge is 0.302 e. The minimum Gasteiger partial charge on any atom is -0.302 e. The second kappa shape index (κ2) is 5.59. The van der Waals surface area contributed by atoms with Gasteiger partial charge in [0.05, 0.1) is 16.1 Å². The highest BCUT2D eigenvalue weighted by molar-refractivity contribution is 7.91. The van der Waals surface area contributed by atoms with E-state index >= 15 is 0 Å². The molecule has 0 spiro atoms. The van der Waals surface area contributed by atoms with Gasteiger partial charge in [-0.1, -0.05) is 48.5 Å². The maximum atomic E-state index is 12.4. The van der Waals surface area contributed by atoms with Crippen molar-refractivity contribution in [3.05, 3.63) is 66.2 Å². The topological polar surface area (TPSA) is 51.2 Å². The molecule has 1 atom stereocenters. The SMILES string of the molecule is CC(C=O)(CS(=O)(=O)c1ccccc1)c1ccccc1. The molecular formula is C16H16O3S. The zero-order valence-electron chi connectivity index (χ0n) is 11.2. The monoisotopic (exact) mass is 288 g/mol. The Labute approximate surface area is 119 Å². The molecule has 0 bridgehead atoms. The molecule has 0 N–H and O–H groups in total. The predicted molar refractivity (Wildman–Crippen MR) is 78.4 cm³/mol. The third-order valence-corrected chi connectivity index (χ3v) is 5.26. The van der Waals surface area contributed by atoms with Crippen molar-refractivity contribution >= 4 is 16.1 Å². The number of benzene rings is 2. The quantitative estimate of drug-likeness (QED) is 0.795. The number of sulfone groups is 1. The van der Waals surface area contributed by atoms with Gasteiger partial charge < -0.3 is 4.79 Å². The Balaban J connectivity index is 2.38. The molecule has 104 valence electrons. The summed E-state index contributed by atoms with van der Waals surface area (Å²) in [4.78, 5) is 11.7. The molecule has 0 radical (unpaired) electrons. The van der Waals surface area contributed by atoms with Crippen molar-refractivity contribution in [2.45, 2.75) is 17.2 Å². The summed E-state index contributed by atoms with van der Waals surface area (Å²) in [6, 6.07) is 17.2. The van der Waals surface area contributed by atoms with E-state index in [1.807, 2.05) is 6.07 Å². The van der Waals surface area contributed by atoms with Gasteiger partial charge in [-0.3, -0.25) is 0 Å². The summed E-state index contributed by atoms with van der Waals surface area (Å²) in [6.45, 7) is 1.65. The second-order valence-corrected chi connectivity index (χ2v) is 6.96. The molecule has 0 aliphatic rings. The minimum atomic E-state index is -3.51. The molecule has 2 aromatic carbocycles. The van der Waals surface area contributed by atoms with Crippen molar-refractivity contribution in [3.8, 4) is 0 Å². The van der Waals surface area contributed by atoms with Crippen LogP contribution >= 0.6 is 0 Å². The molecule has 20 heavy (non-hydrogen) atoms. The van der Waals surface area contributed by atoms with E-state index in [0.29, 0.717) is 11.8 Å². The fourth-order valence-corrected chi connectivity index (χ4v) is 3.87. The van der Waals surface area contributed by atoms with Gasteiger partial charge in [-0.05, 0) is 24.6 Å². The molecule has 0 heterocycles. The van der Waals surface area contributed by atoms with Crippen molar-refractivity contribution in [2.75, 3.05) is 5.75 Å². The molecular weight excluding hydrogens is 272 g/mol. The van der Waals surface area contributed by atoms with E-state index in [2.05, 4.69) is 0 Å². The fourth-order valence-electron chi connectivity index (χ4n) is 2.11. The van der Waals surface area contributed by atoms with E-state index < -0.39 is 15.3 Å². The molecule has 3 nitrogen and oxygen atoms in total. The first-order valence-corrected chi connectivity index (χ1v) is 7.93. The van der Waals surface area contributed by atoms with Crippen LogP contribution < -0.4 is 0 Å². The van der Waals surface area contributed by atoms with E-state index in [9.17, 15) is 13.2 Å². The van der Waals surface area contributed by atoms with Crippen LogP contribution in [0.3, 0.4) is 0 Å². The highest BCUT2D eigenvalue weighted by atomic mass is 32.2. The highest BCUT2D eigenvalue weighted by Crippen LogP contribution is 2.26. The number of hydrogen-bond acceptors (Lipinski definition) is 3. The highest BCUT2D eigenvalue weighted by Gasteiger charge is 2.33. The van der Waals surface area contributed by atoms with E-state index in [0.717, 1.165) is 0 Å². The van der Waals surface area contributed by atoms with Gasteiger partial charge in [-0.2, -0.15) is 0 Å². The lowest BCUT2D eigenvalue weighted by Gasteiger charge is -2.23. The smallest absolute Gasteiger partial charge is 0.179 e. The summed E-state index contributed by atoms with van der Waals surface area (Å²) >= 11 is 0. The predicted octanol–water partition coefficient (Wildman–Crippen LogP) is 2.62. The molecule has 0 aliphatic carbocycles. The van der Waals surface area contributed by atoms with Crippen LogP contribution in [0.2, 0.25) is 0 Å². The molecule has 0 fully saturated rings. The van der Waals surface area contributed by atoms with Gasteiger partial charge in [0.15, 0.2) is 9.84 Å². The lowest BCUT2D eigenvalue weighted by Crippen LogP contribution is -2.33. The van der Waals surface area contributed by atoms with Crippen LogP contribution in [0.15, 0.2) is 65.6 Å². The maximum Gasteiger partial charge on any atom is 0.179 e. The van der Waals surface area contributed by atoms with Crippen LogP contribution in [-0.2, 0) is 20.0 Å². The normalized spacial score (nSPS) is 14.4. The Morgan fingerprint density at radius 2 is 1.45 bits per heavy atom. The Morgan fingerprint density at radius 1 is 0.950 bits per heavy atom. The zero-order valence-corrected chi connectivity index (χ0v) is 12.0. The van der Waals surface area contributed by atoms with Crippen LogP contribution in [-0.4, -0.2) is 20.5 Å². The standard InChI is InChI=1S/C16H16O3S/c1-16(12-17,14-8-4-2-5-9-14)13-20(18,19)15-10-6-3-7-11-15/h2-12H,13H2,1H3. The molecule has 0 saturated heterocycles. The van der Waals surface area contributed by atoms with Crippen LogP contribution in [0, 0.1) is 0 Å². The number of carbonyl (C=O) groups is 1. The average Bonchev–Trinajstić information content (AvgIpc) is 2.48. The number of rotatable bonds is 5. The first-order chi connectivity index (χ1) is 9.48. The minimum absolute atomic E-state index is 0.239. The van der Waals surface area contributed by atoms with Crippen LogP contribution in [0.4, 0.5) is 0 Å². The number of carbonyl (C=O) groups excluding carboxylic acids is 1. The molecule has 0 aromatic heterocycles. The lowest BCUT2D eigenvalue weighted by molar-refractivity contribution is -0.111. The Bertz CT molecular complexity index is 678. The van der Waals surface area contributed by atoms with Gasteiger partial charge in [0.2, 0.25) is 0 Å². The van der Waals surface area contributed by atoms with Crippen LogP contribution in [0.5, 0.6) is 0 Å². The number of hydrogen-bond donors (Lipinski definition) is 0. The Kier molecular flexibility index (Phi) is 4.04. The molecule has 0 aliphatic heterocycles. The Hall–Kier alpha value is -1.94. The summed E-state index contributed by atoms with van der Waals surface area (Å²) in [5.74, 6) is -0.239. The summed E-state index contributed by atoms with van der Waals surface area (Å²) in [7, 11) is -3.51. The van der Waals surface area contributed by atoms with E-state index in [1.165, 1.54) is 0 Å². The van der Waals surface area contributed by atoms with E-state index in [4.69, 9.17) is 0 Å². The van der Waals surface area contributed by atoms with E-state index in [-0.39, 0.29) is 10.6 Å². The molecule has 1 unspecified atom stereocenters. The van der Waals surface area contributed by atoms with Crippen LogP contribution in [0.25, 0.3) is 0 Å². The van der Waals surface area contributed by atoms with Crippen molar-refractivity contribution in [1.29, 1.82) is 0 Å². The third-order valence-electron chi connectivity index (χ3n) is 3.29. The van der Waals surface area contributed by atoms with Crippen LogP contribution in [0.1, 0.15) is 12.5 Å². The van der Waals surface area contributed by atoms with Crippen molar-refractivity contribution < 1.29 is 13.2 Å². The summed E-state index contributed by atoms with van der Waals surface area (Å²) in [6.07, 6.45) is 0.711. The first-order valence-electron chi connectivity index (χ1n) is 6.28.